The van der Waals surface area contributed by atoms with Crippen LogP contribution in [-0.4, -0.2) is 43.4 Å². The molecule has 2 atom stereocenters. The van der Waals surface area contributed by atoms with Crippen LogP contribution in [0.1, 0.15) is 13.3 Å². The second-order valence-corrected chi connectivity index (χ2v) is 6.43. The van der Waals surface area contributed by atoms with E-state index < -0.39 is 23.2 Å². The molecule has 126 valence electrons. The second kappa shape index (κ2) is 9.42. The Morgan fingerprint density at radius 2 is 1.78 bits per heavy atom. The van der Waals surface area contributed by atoms with Gasteiger partial charge in [0.25, 0.3) is 0 Å². The van der Waals surface area contributed by atoms with E-state index in [-0.39, 0.29) is 12.3 Å². The fraction of sp³-hybridized carbons (Fsp3) is 0.400. The minimum atomic E-state index is -1.08. The molecule has 8 heteroatoms. The van der Waals surface area contributed by atoms with Gasteiger partial charge >= 0.3 is 11.9 Å². The lowest BCUT2D eigenvalue weighted by molar-refractivity contribution is -0.150. The van der Waals surface area contributed by atoms with E-state index in [2.05, 4.69) is 14.8 Å². The molecule has 1 aromatic rings. The van der Waals surface area contributed by atoms with Crippen LogP contribution in [-0.2, 0) is 23.9 Å². The molecule has 0 heterocycles. The Bertz CT molecular complexity index is 563. The van der Waals surface area contributed by atoms with Crippen LogP contribution in [0.25, 0.3) is 0 Å². The molecule has 0 bridgehead atoms. The van der Waals surface area contributed by atoms with Crippen LogP contribution in [0.2, 0.25) is 5.02 Å². The summed E-state index contributed by atoms with van der Waals surface area (Å²) in [6, 6.07) is 5.96. The fourth-order valence-electron chi connectivity index (χ4n) is 1.65. The topological polar surface area (TPSA) is 81.7 Å². The zero-order valence-electron chi connectivity index (χ0n) is 13.0. The van der Waals surface area contributed by atoms with E-state index in [1.54, 1.807) is 31.2 Å². The Morgan fingerprint density at radius 1 is 1.17 bits per heavy atom. The Kier molecular flexibility index (Phi) is 7.91. The minimum absolute atomic E-state index is 0.284. The molecule has 0 aliphatic carbocycles. The van der Waals surface area contributed by atoms with Crippen molar-refractivity contribution in [3.63, 3.8) is 0 Å². The zero-order chi connectivity index (χ0) is 17.4. The summed E-state index contributed by atoms with van der Waals surface area (Å²) in [5.74, 6) is -1.70. The van der Waals surface area contributed by atoms with Gasteiger partial charge in [0.1, 0.15) is 6.04 Å². The van der Waals surface area contributed by atoms with Crippen molar-refractivity contribution < 1.29 is 23.9 Å². The standard InChI is InChI=1S/C15H18ClNO5S/c1-9(23-11-6-4-10(16)5-7-11)14(19)17-12(15(20)22-3)8-13(18)21-2/h4-7,9,12H,8H2,1-3H3,(H,17,19)/t9-,12+/m1/s1. The average molecular weight is 360 g/mol. The summed E-state index contributed by atoms with van der Waals surface area (Å²) >= 11 is 7.12. The fourth-order valence-corrected chi connectivity index (χ4v) is 2.65. The summed E-state index contributed by atoms with van der Waals surface area (Å²) in [6.45, 7) is 1.70. The number of carbonyl (C=O) groups excluding carboxylic acids is 3. The average Bonchev–Trinajstić information content (AvgIpc) is 2.55. The highest BCUT2D eigenvalue weighted by Crippen LogP contribution is 2.24. The smallest absolute Gasteiger partial charge is 0.328 e. The number of carbonyl (C=O) groups is 3. The van der Waals surface area contributed by atoms with E-state index in [4.69, 9.17) is 11.6 Å². The second-order valence-electron chi connectivity index (χ2n) is 4.58. The normalized spacial score (nSPS) is 12.9. The van der Waals surface area contributed by atoms with Gasteiger partial charge in [0, 0.05) is 9.92 Å². The highest BCUT2D eigenvalue weighted by molar-refractivity contribution is 8.00. The first-order valence-electron chi connectivity index (χ1n) is 6.74. The van der Waals surface area contributed by atoms with Crippen molar-refractivity contribution in [2.45, 2.75) is 29.5 Å². The van der Waals surface area contributed by atoms with E-state index in [9.17, 15) is 14.4 Å². The quantitative estimate of drug-likeness (QED) is 0.592. The lowest BCUT2D eigenvalue weighted by atomic mass is 10.2. The Balaban J connectivity index is 2.67. The van der Waals surface area contributed by atoms with Crippen molar-refractivity contribution in [2.75, 3.05) is 14.2 Å². The summed E-state index contributed by atoms with van der Waals surface area (Å²) in [6.07, 6.45) is -0.284. The van der Waals surface area contributed by atoms with E-state index in [1.165, 1.54) is 26.0 Å². The molecule has 0 spiro atoms. The molecule has 23 heavy (non-hydrogen) atoms. The third-order valence-corrected chi connectivity index (χ3v) is 4.26. The molecule has 0 aromatic heterocycles. The van der Waals surface area contributed by atoms with Gasteiger partial charge in [-0.15, -0.1) is 11.8 Å². The van der Waals surface area contributed by atoms with Crippen molar-refractivity contribution in [3.8, 4) is 0 Å². The maximum atomic E-state index is 12.2. The van der Waals surface area contributed by atoms with Crippen LogP contribution in [0, 0.1) is 0 Å². The van der Waals surface area contributed by atoms with Crippen LogP contribution in [0.15, 0.2) is 29.2 Å². The van der Waals surface area contributed by atoms with E-state index >= 15 is 0 Å². The van der Waals surface area contributed by atoms with Gasteiger partial charge in [-0.2, -0.15) is 0 Å². The van der Waals surface area contributed by atoms with E-state index in [0.717, 1.165) is 4.90 Å². The maximum Gasteiger partial charge on any atom is 0.328 e. The Labute approximate surface area is 143 Å². The van der Waals surface area contributed by atoms with Crippen LogP contribution >= 0.6 is 23.4 Å². The molecule has 1 rings (SSSR count). The monoisotopic (exact) mass is 359 g/mol. The lowest BCUT2D eigenvalue weighted by Crippen LogP contribution is -2.45. The molecular formula is C15H18ClNO5S. The van der Waals surface area contributed by atoms with Crippen molar-refractivity contribution in [1.82, 2.24) is 5.32 Å². The van der Waals surface area contributed by atoms with Crippen LogP contribution in [0.4, 0.5) is 0 Å². The number of methoxy groups -OCH3 is 2. The van der Waals surface area contributed by atoms with Gasteiger partial charge in [0.05, 0.1) is 25.9 Å². The number of thioether (sulfide) groups is 1. The molecule has 0 radical (unpaired) electrons. The summed E-state index contributed by atoms with van der Waals surface area (Å²) < 4.78 is 9.10. The number of benzene rings is 1. The predicted octanol–water partition coefficient (Wildman–Crippen LogP) is 2.04. The lowest BCUT2D eigenvalue weighted by Gasteiger charge is -2.18. The molecule has 0 aliphatic rings. The first-order valence-corrected chi connectivity index (χ1v) is 8.00. The first-order chi connectivity index (χ1) is 10.9. The van der Waals surface area contributed by atoms with Gasteiger partial charge in [0.15, 0.2) is 0 Å². The van der Waals surface area contributed by atoms with Crippen LogP contribution < -0.4 is 5.32 Å². The van der Waals surface area contributed by atoms with Gasteiger partial charge in [-0.05, 0) is 31.2 Å². The van der Waals surface area contributed by atoms with Crippen molar-refractivity contribution in [1.29, 1.82) is 0 Å². The van der Waals surface area contributed by atoms with Crippen LogP contribution in [0.3, 0.4) is 0 Å². The third kappa shape index (κ3) is 6.50. The number of hydrogen-bond acceptors (Lipinski definition) is 6. The molecule has 1 amide bonds. The molecule has 0 unspecified atom stereocenters. The molecule has 0 saturated carbocycles. The van der Waals surface area contributed by atoms with Crippen molar-refractivity contribution in [3.05, 3.63) is 29.3 Å². The zero-order valence-corrected chi connectivity index (χ0v) is 14.6. The molecule has 1 N–H and O–H groups in total. The number of rotatable bonds is 7. The van der Waals surface area contributed by atoms with Gasteiger partial charge < -0.3 is 14.8 Å². The molecule has 0 saturated heterocycles. The number of nitrogens with one attached hydrogen (secondary N) is 1. The minimum Gasteiger partial charge on any atom is -0.469 e. The third-order valence-electron chi connectivity index (χ3n) is 2.90. The summed E-state index contributed by atoms with van der Waals surface area (Å²) in [5, 5.41) is 2.64. The number of amides is 1. The van der Waals surface area contributed by atoms with Gasteiger partial charge in [-0.1, -0.05) is 11.6 Å². The van der Waals surface area contributed by atoms with Crippen molar-refractivity contribution in [2.24, 2.45) is 0 Å². The summed E-state index contributed by atoms with van der Waals surface area (Å²) in [5.41, 5.74) is 0. The molecule has 1 aromatic carbocycles. The van der Waals surface area contributed by atoms with E-state index in [0.29, 0.717) is 5.02 Å². The highest BCUT2D eigenvalue weighted by Gasteiger charge is 2.27. The first kappa shape index (κ1) is 19.3. The number of ether oxygens (including phenoxy) is 2. The number of hydrogen-bond donors (Lipinski definition) is 1. The molecular weight excluding hydrogens is 342 g/mol. The van der Waals surface area contributed by atoms with Gasteiger partial charge in [0.2, 0.25) is 5.91 Å². The largest absolute Gasteiger partial charge is 0.469 e. The maximum absolute atomic E-state index is 12.2. The molecule has 0 fully saturated rings. The number of esters is 2. The molecule has 6 nitrogen and oxygen atoms in total. The Morgan fingerprint density at radius 3 is 2.30 bits per heavy atom. The SMILES string of the molecule is COC(=O)C[C@H](NC(=O)[C@@H](C)Sc1ccc(Cl)cc1)C(=O)OC. The van der Waals surface area contributed by atoms with Gasteiger partial charge in [-0.25, -0.2) is 4.79 Å². The van der Waals surface area contributed by atoms with Gasteiger partial charge in [-0.3, -0.25) is 9.59 Å². The summed E-state index contributed by atoms with van der Waals surface area (Å²) in [7, 11) is 2.39. The summed E-state index contributed by atoms with van der Waals surface area (Å²) in [4.78, 5) is 36.0. The number of halogens is 1. The highest BCUT2D eigenvalue weighted by atomic mass is 35.5. The van der Waals surface area contributed by atoms with E-state index in [1.807, 2.05) is 0 Å². The molecule has 0 aliphatic heterocycles. The predicted molar refractivity (Wildman–Crippen MR) is 87.4 cm³/mol. The Hall–Kier alpha value is -1.73. The van der Waals surface area contributed by atoms with Crippen LogP contribution in [0.5, 0.6) is 0 Å². The van der Waals surface area contributed by atoms with Crippen molar-refractivity contribution >= 4 is 41.2 Å².